The highest BCUT2D eigenvalue weighted by Gasteiger charge is 2.68. The Labute approximate surface area is 239 Å². The molecule has 0 bridgehead atoms. The second kappa shape index (κ2) is 10.3. The van der Waals surface area contributed by atoms with E-state index in [2.05, 4.69) is 19.2 Å². The third kappa shape index (κ3) is 5.07. The van der Waals surface area contributed by atoms with Gasteiger partial charge in [-0.05, 0) is 115 Å². The molecule has 5 aliphatic rings. The van der Waals surface area contributed by atoms with E-state index in [1.165, 1.54) is 0 Å². The summed E-state index contributed by atoms with van der Waals surface area (Å²) in [5.41, 5.74) is -1.40. The number of rotatable bonds is 4. The lowest BCUT2D eigenvalue weighted by atomic mass is 9.43. The number of hydrogen-bond donors (Lipinski definition) is 2. The second-order valence-corrected chi connectivity index (χ2v) is 14.9. The molecule has 1 unspecified atom stereocenters. The van der Waals surface area contributed by atoms with Gasteiger partial charge in [-0.15, -0.1) is 0 Å². The fourth-order valence-corrected chi connectivity index (χ4v) is 9.56. The molecule has 8 heteroatoms. The van der Waals surface area contributed by atoms with Crippen LogP contribution in [0, 0.1) is 40.4 Å². The van der Waals surface area contributed by atoms with E-state index in [0.717, 1.165) is 57.8 Å². The van der Waals surface area contributed by atoms with Crippen molar-refractivity contribution >= 4 is 18.0 Å². The van der Waals surface area contributed by atoms with Gasteiger partial charge in [0, 0.05) is 17.4 Å². The van der Waals surface area contributed by atoms with Crippen molar-refractivity contribution in [2.45, 2.75) is 123 Å². The first-order chi connectivity index (χ1) is 18.7. The highest BCUT2D eigenvalue weighted by atomic mass is 16.6. The maximum atomic E-state index is 12.8. The summed E-state index contributed by atoms with van der Waals surface area (Å²) in [7, 11) is 0. The summed E-state index contributed by atoms with van der Waals surface area (Å²) in [4.78, 5) is 36.5. The van der Waals surface area contributed by atoms with E-state index in [0.29, 0.717) is 24.4 Å². The summed E-state index contributed by atoms with van der Waals surface area (Å²) in [6, 6.07) is -0.776. The lowest BCUT2D eigenvalue weighted by molar-refractivity contribution is -0.215. The molecule has 0 aromatic rings. The van der Waals surface area contributed by atoms with Crippen molar-refractivity contribution in [3.63, 3.8) is 0 Å². The Morgan fingerprint density at radius 2 is 1.77 bits per heavy atom. The topological polar surface area (TPSA) is 111 Å². The molecule has 0 radical (unpaired) electrons. The highest BCUT2D eigenvalue weighted by molar-refractivity contribution is 5.82. The minimum Gasteiger partial charge on any atom is -0.462 e. The first-order valence-corrected chi connectivity index (χ1v) is 15.4. The van der Waals surface area contributed by atoms with Gasteiger partial charge in [0.05, 0.1) is 12.2 Å². The zero-order valence-electron chi connectivity index (χ0n) is 25.2. The predicted octanol–water partition coefficient (Wildman–Crippen LogP) is 5.31. The second-order valence-electron chi connectivity index (χ2n) is 14.9. The molecule has 0 spiro atoms. The number of esters is 2. The normalized spacial score (nSPS) is 43.4. The van der Waals surface area contributed by atoms with Crippen LogP contribution < -0.4 is 5.32 Å². The Balaban J connectivity index is 1.22. The molecule has 10 atom stereocenters. The quantitative estimate of drug-likeness (QED) is 0.354. The van der Waals surface area contributed by atoms with E-state index in [4.69, 9.17) is 14.2 Å². The number of hydrogen-bond acceptors (Lipinski definition) is 7. The molecule has 1 aliphatic heterocycles. The van der Waals surface area contributed by atoms with Crippen LogP contribution in [0.25, 0.3) is 0 Å². The average Bonchev–Trinajstić information content (AvgIpc) is 3.14. The van der Waals surface area contributed by atoms with Gasteiger partial charge in [0.25, 0.3) is 0 Å². The number of alkyl carbamates (subject to hydrolysis) is 1. The molecule has 0 aromatic carbocycles. The Morgan fingerprint density at radius 1 is 1.05 bits per heavy atom. The van der Waals surface area contributed by atoms with Gasteiger partial charge in [0.1, 0.15) is 17.7 Å². The van der Waals surface area contributed by atoms with Gasteiger partial charge in [-0.3, -0.25) is 0 Å². The van der Waals surface area contributed by atoms with Gasteiger partial charge in [-0.1, -0.05) is 19.9 Å². The van der Waals surface area contributed by atoms with Gasteiger partial charge < -0.3 is 24.6 Å². The van der Waals surface area contributed by atoms with Crippen LogP contribution in [0.15, 0.2) is 12.2 Å². The van der Waals surface area contributed by atoms with Crippen LogP contribution in [-0.4, -0.2) is 53.1 Å². The number of amides is 1. The number of carbonyl (C=O) groups excluding carboxylic acids is 3. The van der Waals surface area contributed by atoms with Crippen molar-refractivity contribution in [3.05, 3.63) is 12.2 Å². The minimum absolute atomic E-state index is 0.113. The number of aliphatic hydroxyl groups is 1. The van der Waals surface area contributed by atoms with Crippen molar-refractivity contribution in [1.82, 2.24) is 5.32 Å². The summed E-state index contributed by atoms with van der Waals surface area (Å²) in [5, 5.41) is 15.0. The van der Waals surface area contributed by atoms with Crippen molar-refractivity contribution in [3.8, 4) is 0 Å². The maximum absolute atomic E-state index is 12.8. The molecule has 0 saturated heterocycles. The van der Waals surface area contributed by atoms with Gasteiger partial charge in [0.15, 0.2) is 0 Å². The molecule has 5 rings (SSSR count). The van der Waals surface area contributed by atoms with Gasteiger partial charge in [-0.25, -0.2) is 14.4 Å². The third-order valence-electron chi connectivity index (χ3n) is 11.7. The fourth-order valence-electron chi connectivity index (χ4n) is 9.56. The van der Waals surface area contributed by atoms with E-state index < -0.39 is 29.3 Å². The number of cyclic esters (lactones) is 1. The average molecular weight is 560 g/mol. The zero-order valence-corrected chi connectivity index (χ0v) is 25.2. The summed E-state index contributed by atoms with van der Waals surface area (Å²) in [6.45, 7) is 12.1. The number of ether oxygens (including phenoxy) is 3. The number of fused-ring (bicyclic) bond motifs is 5. The summed E-state index contributed by atoms with van der Waals surface area (Å²) >= 11 is 0. The first-order valence-electron chi connectivity index (χ1n) is 15.4. The van der Waals surface area contributed by atoms with Crippen LogP contribution in [0.5, 0.6) is 0 Å². The van der Waals surface area contributed by atoms with Crippen molar-refractivity contribution in [2.75, 3.05) is 6.61 Å². The molecule has 4 aliphatic carbocycles. The van der Waals surface area contributed by atoms with Crippen molar-refractivity contribution in [1.29, 1.82) is 0 Å². The van der Waals surface area contributed by atoms with Crippen molar-refractivity contribution < 1.29 is 33.7 Å². The lowest BCUT2D eigenvalue weighted by Crippen LogP contribution is -2.62. The van der Waals surface area contributed by atoms with Gasteiger partial charge >= 0.3 is 18.0 Å². The molecular weight excluding hydrogens is 510 g/mol. The number of carbonyl (C=O) groups is 3. The molecule has 8 nitrogen and oxygen atoms in total. The van der Waals surface area contributed by atoms with E-state index in [-0.39, 0.29) is 34.7 Å². The molecule has 1 amide bonds. The third-order valence-corrected chi connectivity index (χ3v) is 11.7. The zero-order chi connectivity index (χ0) is 29.1. The van der Waals surface area contributed by atoms with E-state index in [1.807, 2.05) is 6.08 Å². The highest BCUT2D eigenvalue weighted by Crippen LogP contribution is 2.70. The van der Waals surface area contributed by atoms with Crippen LogP contribution in [0.4, 0.5) is 4.79 Å². The smallest absolute Gasteiger partial charge is 0.408 e. The molecule has 0 aromatic heterocycles. The van der Waals surface area contributed by atoms with Crippen LogP contribution in [0.3, 0.4) is 0 Å². The van der Waals surface area contributed by atoms with Gasteiger partial charge in [0.2, 0.25) is 0 Å². The Morgan fingerprint density at radius 3 is 2.45 bits per heavy atom. The monoisotopic (exact) mass is 559 g/mol. The molecule has 1 heterocycles. The largest absolute Gasteiger partial charge is 0.462 e. The fraction of sp³-hybridized carbons (Fsp3) is 0.844. The lowest BCUT2D eigenvalue weighted by Gasteiger charge is -2.64. The van der Waals surface area contributed by atoms with Crippen molar-refractivity contribution in [2.24, 2.45) is 40.4 Å². The predicted molar refractivity (Wildman–Crippen MR) is 149 cm³/mol. The summed E-state index contributed by atoms with van der Waals surface area (Å²) in [5.74, 6) is 0.976. The van der Waals surface area contributed by atoms with E-state index in [9.17, 15) is 19.5 Å². The molecule has 4 fully saturated rings. The van der Waals surface area contributed by atoms with E-state index in [1.54, 1.807) is 33.8 Å². The van der Waals surface area contributed by atoms with E-state index >= 15 is 0 Å². The molecule has 40 heavy (non-hydrogen) atoms. The minimum atomic E-state index is -0.776. The van der Waals surface area contributed by atoms with Crippen LogP contribution in [0.1, 0.15) is 99.3 Å². The molecule has 4 saturated carbocycles. The standard InChI is InChI=1S/C32H49NO7/c1-19(33-28(36)40-29(2,3)4)27(35)39-22-11-14-30(5)21(17-22)8-9-25-24(30)12-15-31(6)23(13-16-32(25,31)37)20-7-10-26(34)38-18-20/h7,10,19-25,37H,8-9,11-18H2,1-6H3,(H,33,36)/t19-,20?,21-,22+,23-,24+,25-,30+,31-,32+/m1/s1. The summed E-state index contributed by atoms with van der Waals surface area (Å²) < 4.78 is 16.6. The van der Waals surface area contributed by atoms with Gasteiger partial charge in [-0.2, -0.15) is 0 Å². The Bertz CT molecular complexity index is 1050. The van der Waals surface area contributed by atoms with Crippen LogP contribution in [0.2, 0.25) is 0 Å². The maximum Gasteiger partial charge on any atom is 0.408 e. The molecular formula is C32H49NO7. The van der Waals surface area contributed by atoms with Crippen LogP contribution in [-0.2, 0) is 23.8 Å². The van der Waals surface area contributed by atoms with Crippen LogP contribution >= 0.6 is 0 Å². The number of nitrogens with one attached hydrogen (secondary N) is 1. The summed E-state index contributed by atoms with van der Waals surface area (Å²) in [6.07, 6.45) is 11.3. The Hall–Kier alpha value is -2.09. The molecule has 224 valence electrons. The SMILES string of the molecule is C[C@@H](NC(=O)OC(C)(C)C)C(=O)O[C@H]1CC[C@@]2(C)[C@H](CC[C@@H]3[C@@H]2CC[C@]2(C)[C@@H](C4C=CC(=O)OC4)CC[C@]32O)C1. The molecule has 2 N–H and O–H groups in total. The first kappa shape index (κ1) is 29.4. The Kier molecular flexibility index (Phi) is 7.59.